The molecule has 1 aromatic carbocycles. The Kier molecular flexibility index (Phi) is 4.23. The number of rotatable bonds is 5. The fourth-order valence-electron chi connectivity index (χ4n) is 2.46. The van der Waals surface area contributed by atoms with Crippen LogP contribution in [0, 0.1) is 6.92 Å². The van der Waals surface area contributed by atoms with Crippen molar-refractivity contribution in [3.05, 3.63) is 66.3 Å². The number of aromatic nitrogens is 4. The topological polar surface area (TPSA) is 66.8 Å². The zero-order valence-corrected chi connectivity index (χ0v) is 13.2. The lowest BCUT2D eigenvalue weighted by atomic mass is 10.1. The molecule has 3 rings (SSSR count). The first kappa shape index (κ1) is 15.0. The van der Waals surface area contributed by atoms with Crippen LogP contribution < -0.4 is 0 Å². The molecule has 3 aromatic rings. The first-order valence-corrected chi connectivity index (χ1v) is 7.47. The number of hydrogen-bond donors (Lipinski definition) is 1. The second-order valence-corrected chi connectivity index (χ2v) is 5.54. The Hall–Kier alpha value is -2.89. The smallest absolute Gasteiger partial charge is 0.255 e. The molecular formula is C17H19N5O. The van der Waals surface area contributed by atoms with Gasteiger partial charge in [0.1, 0.15) is 0 Å². The summed E-state index contributed by atoms with van der Waals surface area (Å²) in [5, 5.41) is 0. The highest BCUT2D eigenvalue weighted by Crippen LogP contribution is 2.18. The summed E-state index contributed by atoms with van der Waals surface area (Å²) < 4.78 is 1.86. The standard InChI is InChI=1S/C17H19N5O/c1-13-3-4-16(22-8-6-18-12-22)15(9-13)17(23)21(2)7-5-14-10-19-11-20-14/h3-4,6,8-12H,5,7H2,1-2H3,(H,19,20). The summed E-state index contributed by atoms with van der Waals surface area (Å²) in [6.07, 6.45) is 9.42. The van der Waals surface area contributed by atoms with Crippen molar-refractivity contribution in [3.8, 4) is 5.69 Å². The van der Waals surface area contributed by atoms with Gasteiger partial charge in [0.15, 0.2) is 0 Å². The molecule has 0 fully saturated rings. The lowest BCUT2D eigenvalue weighted by Gasteiger charge is -2.19. The molecule has 0 radical (unpaired) electrons. The lowest BCUT2D eigenvalue weighted by molar-refractivity contribution is 0.0796. The number of aromatic amines is 1. The molecule has 0 aliphatic heterocycles. The minimum atomic E-state index is -0.00286. The number of nitrogens with one attached hydrogen (secondary N) is 1. The van der Waals surface area contributed by atoms with Gasteiger partial charge >= 0.3 is 0 Å². The van der Waals surface area contributed by atoms with Crippen LogP contribution in [0.3, 0.4) is 0 Å². The number of benzene rings is 1. The SMILES string of the molecule is Cc1ccc(-n2ccnc2)c(C(=O)N(C)CCc2cnc[nH]2)c1. The van der Waals surface area contributed by atoms with E-state index in [1.54, 1.807) is 29.9 Å². The number of carbonyl (C=O) groups is 1. The molecule has 0 aliphatic carbocycles. The summed E-state index contributed by atoms with van der Waals surface area (Å²) in [6, 6.07) is 5.87. The van der Waals surface area contributed by atoms with Gasteiger partial charge in [0.25, 0.3) is 5.91 Å². The number of aryl methyl sites for hydroxylation is 1. The van der Waals surface area contributed by atoms with Gasteiger partial charge in [0.2, 0.25) is 0 Å². The molecule has 2 aromatic heterocycles. The number of nitrogens with zero attached hydrogens (tertiary/aromatic N) is 4. The van der Waals surface area contributed by atoms with Gasteiger partial charge in [-0.05, 0) is 19.1 Å². The molecule has 0 spiro atoms. The van der Waals surface area contributed by atoms with Crippen LogP contribution in [0.25, 0.3) is 5.69 Å². The van der Waals surface area contributed by atoms with Gasteiger partial charge in [-0.2, -0.15) is 0 Å². The van der Waals surface area contributed by atoms with E-state index in [1.807, 2.05) is 42.9 Å². The predicted octanol–water partition coefficient (Wildman–Crippen LogP) is 2.22. The van der Waals surface area contributed by atoms with Crippen LogP contribution in [0.5, 0.6) is 0 Å². The van der Waals surface area contributed by atoms with E-state index >= 15 is 0 Å². The highest BCUT2D eigenvalue weighted by Gasteiger charge is 2.17. The number of likely N-dealkylation sites (N-methyl/N-ethyl adjacent to an activating group) is 1. The molecule has 1 amide bonds. The third-order valence-electron chi connectivity index (χ3n) is 3.78. The summed E-state index contributed by atoms with van der Waals surface area (Å²) in [5.74, 6) is -0.00286. The predicted molar refractivity (Wildman–Crippen MR) is 87.6 cm³/mol. The fourth-order valence-corrected chi connectivity index (χ4v) is 2.46. The second kappa shape index (κ2) is 6.48. The van der Waals surface area contributed by atoms with Gasteiger partial charge in [-0.15, -0.1) is 0 Å². The van der Waals surface area contributed by atoms with Gasteiger partial charge < -0.3 is 14.5 Å². The first-order chi connectivity index (χ1) is 11.1. The molecule has 0 unspecified atom stereocenters. The summed E-state index contributed by atoms with van der Waals surface area (Å²) in [6.45, 7) is 2.61. The highest BCUT2D eigenvalue weighted by atomic mass is 16.2. The van der Waals surface area contributed by atoms with Crippen molar-refractivity contribution >= 4 is 5.91 Å². The van der Waals surface area contributed by atoms with E-state index in [1.165, 1.54) is 0 Å². The van der Waals surface area contributed by atoms with Gasteiger partial charge in [-0.25, -0.2) is 9.97 Å². The van der Waals surface area contributed by atoms with Crippen molar-refractivity contribution in [2.24, 2.45) is 0 Å². The van der Waals surface area contributed by atoms with Gasteiger partial charge in [-0.3, -0.25) is 4.79 Å². The number of hydrogen-bond acceptors (Lipinski definition) is 3. The Morgan fingerprint density at radius 3 is 2.91 bits per heavy atom. The monoisotopic (exact) mass is 309 g/mol. The molecule has 23 heavy (non-hydrogen) atoms. The average Bonchev–Trinajstić information content (AvgIpc) is 3.25. The molecule has 6 nitrogen and oxygen atoms in total. The van der Waals surface area contributed by atoms with E-state index in [0.717, 1.165) is 23.4 Å². The van der Waals surface area contributed by atoms with E-state index in [2.05, 4.69) is 15.0 Å². The summed E-state index contributed by atoms with van der Waals surface area (Å²) in [7, 11) is 1.82. The Morgan fingerprint density at radius 1 is 1.35 bits per heavy atom. The third kappa shape index (κ3) is 3.31. The maximum absolute atomic E-state index is 12.8. The Bertz CT molecular complexity index is 777. The molecule has 6 heteroatoms. The molecule has 0 atom stereocenters. The Morgan fingerprint density at radius 2 is 2.22 bits per heavy atom. The second-order valence-electron chi connectivity index (χ2n) is 5.54. The van der Waals surface area contributed by atoms with Crippen molar-refractivity contribution in [3.63, 3.8) is 0 Å². The van der Waals surface area contributed by atoms with Gasteiger partial charge in [0.05, 0.1) is 23.9 Å². The Balaban J connectivity index is 1.82. The molecule has 0 saturated carbocycles. The van der Waals surface area contributed by atoms with Crippen molar-refractivity contribution in [1.82, 2.24) is 24.4 Å². The summed E-state index contributed by atoms with van der Waals surface area (Å²) in [5.41, 5.74) is 3.59. The zero-order chi connectivity index (χ0) is 16.2. The van der Waals surface area contributed by atoms with Crippen LogP contribution in [-0.4, -0.2) is 43.9 Å². The van der Waals surface area contributed by atoms with Crippen LogP contribution in [-0.2, 0) is 6.42 Å². The first-order valence-electron chi connectivity index (χ1n) is 7.47. The molecule has 2 heterocycles. The minimum absolute atomic E-state index is 0.00286. The van der Waals surface area contributed by atoms with E-state index in [4.69, 9.17) is 0 Å². The molecule has 1 N–H and O–H groups in total. The number of amides is 1. The molecule has 0 bridgehead atoms. The van der Waals surface area contributed by atoms with Crippen molar-refractivity contribution in [1.29, 1.82) is 0 Å². The highest BCUT2D eigenvalue weighted by molar-refractivity contribution is 5.97. The fraction of sp³-hybridized carbons (Fsp3) is 0.235. The maximum Gasteiger partial charge on any atom is 0.255 e. The van der Waals surface area contributed by atoms with Crippen LogP contribution in [0.4, 0.5) is 0 Å². The van der Waals surface area contributed by atoms with E-state index in [-0.39, 0.29) is 5.91 Å². The Labute approximate surface area is 134 Å². The largest absolute Gasteiger partial charge is 0.348 e. The van der Waals surface area contributed by atoms with Crippen LogP contribution in [0.1, 0.15) is 21.6 Å². The molecule has 0 aliphatic rings. The normalized spacial score (nSPS) is 10.7. The van der Waals surface area contributed by atoms with E-state index < -0.39 is 0 Å². The summed E-state index contributed by atoms with van der Waals surface area (Å²) >= 11 is 0. The van der Waals surface area contributed by atoms with Gasteiger partial charge in [-0.1, -0.05) is 11.6 Å². The minimum Gasteiger partial charge on any atom is -0.348 e. The lowest BCUT2D eigenvalue weighted by Crippen LogP contribution is -2.29. The van der Waals surface area contributed by atoms with Crippen LogP contribution in [0.2, 0.25) is 0 Å². The number of imidazole rings is 2. The number of carbonyl (C=O) groups excluding carboxylic acids is 1. The van der Waals surface area contributed by atoms with E-state index in [0.29, 0.717) is 12.1 Å². The summed E-state index contributed by atoms with van der Waals surface area (Å²) in [4.78, 5) is 25.7. The van der Waals surface area contributed by atoms with Crippen molar-refractivity contribution < 1.29 is 4.79 Å². The zero-order valence-electron chi connectivity index (χ0n) is 13.2. The van der Waals surface area contributed by atoms with E-state index in [9.17, 15) is 4.79 Å². The quantitative estimate of drug-likeness (QED) is 0.786. The van der Waals surface area contributed by atoms with Crippen molar-refractivity contribution in [2.75, 3.05) is 13.6 Å². The van der Waals surface area contributed by atoms with Crippen molar-refractivity contribution in [2.45, 2.75) is 13.3 Å². The maximum atomic E-state index is 12.8. The number of H-pyrrole nitrogens is 1. The van der Waals surface area contributed by atoms with Crippen LogP contribution >= 0.6 is 0 Å². The van der Waals surface area contributed by atoms with Crippen LogP contribution in [0.15, 0.2) is 49.4 Å². The van der Waals surface area contributed by atoms with Gasteiger partial charge in [0, 0.05) is 44.3 Å². The average molecular weight is 309 g/mol. The molecule has 118 valence electrons. The molecule has 0 saturated heterocycles. The third-order valence-corrected chi connectivity index (χ3v) is 3.78. The molecular weight excluding hydrogens is 290 g/mol.